The third-order valence-electron chi connectivity index (χ3n) is 4.77. The lowest BCUT2D eigenvalue weighted by atomic mass is 10.1. The van der Waals surface area contributed by atoms with Gasteiger partial charge in [0.25, 0.3) is 11.8 Å². The number of rotatable bonds is 2. The second kappa shape index (κ2) is 5.73. The van der Waals surface area contributed by atoms with Crippen LogP contribution >= 0.6 is 11.8 Å². The summed E-state index contributed by atoms with van der Waals surface area (Å²) in [4.78, 5) is 27.3. The van der Waals surface area contributed by atoms with Crippen molar-refractivity contribution >= 4 is 23.6 Å². The van der Waals surface area contributed by atoms with Crippen molar-refractivity contribution in [1.82, 2.24) is 4.90 Å². The molecule has 0 fully saturated rings. The number of thioether (sulfide) groups is 1. The van der Waals surface area contributed by atoms with Gasteiger partial charge in [-0.1, -0.05) is 57.2 Å². The van der Waals surface area contributed by atoms with Gasteiger partial charge in [0.05, 0.1) is 17.2 Å². The van der Waals surface area contributed by atoms with Crippen molar-refractivity contribution in [2.24, 2.45) is 0 Å². The summed E-state index contributed by atoms with van der Waals surface area (Å²) < 4.78 is 0.120. The van der Waals surface area contributed by atoms with Crippen LogP contribution in [0.15, 0.2) is 48.5 Å². The Labute approximate surface area is 152 Å². The minimum Gasteiger partial charge on any atom is -0.269 e. The number of imide groups is 1. The highest BCUT2D eigenvalue weighted by Gasteiger charge is 2.45. The number of carbonyl (C=O) groups excluding carboxylic acids is 2. The SMILES string of the molecule is CC(C)(C)SC1C[C@H](N2C(=O)c3ccccc3C2=O)c2ccccc21. The maximum Gasteiger partial charge on any atom is 0.262 e. The van der Waals surface area contributed by atoms with Crippen molar-refractivity contribution in [2.75, 3.05) is 0 Å². The lowest BCUT2D eigenvalue weighted by Crippen LogP contribution is -2.33. The van der Waals surface area contributed by atoms with E-state index in [2.05, 4.69) is 32.9 Å². The first-order chi connectivity index (χ1) is 11.9. The van der Waals surface area contributed by atoms with E-state index < -0.39 is 0 Å². The third-order valence-corrected chi connectivity index (χ3v) is 6.21. The van der Waals surface area contributed by atoms with Crippen LogP contribution in [0.25, 0.3) is 0 Å². The van der Waals surface area contributed by atoms with Gasteiger partial charge in [0, 0.05) is 10.00 Å². The predicted octanol–water partition coefficient (Wildman–Crippen LogP) is 5.00. The van der Waals surface area contributed by atoms with Crippen LogP contribution in [0.3, 0.4) is 0 Å². The van der Waals surface area contributed by atoms with Crippen LogP contribution in [-0.2, 0) is 0 Å². The highest BCUT2D eigenvalue weighted by molar-refractivity contribution is 8.00. The van der Waals surface area contributed by atoms with E-state index in [1.807, 2.05) is 36.0 Å². The summed E-state index contributed by atoms with van der Waals surface area (Å²) >= 11 is 1.91. The Morgan fingerprint density at radius 3 is 1.96 bits per heavy atom. The molecule has 0 aromatic heterocycles. The maximum absolute atomic E-state index is 12.9. The normalized spacial score (nSPS) is 22.3. The maximum atomic E-state index is 12.9. The molecule has 2 aliphatic rings. The van der Waals surface area contributed by atoms with Crippen LogP contribution in [-0.4, -0.2) is 21.5 Å². The van der Waals surface area contributed by atoms with Gasteiger partial charge in [0.2, 0.25) is 0 Å². The Morgan fingerprint density at radius 1 is 0.880 bits per heavy atom. The zero-order valence-corrected chi connectivity index (χ0v) is 15.5. The van der Waals surface area contributed by atoms with Gasteiger partial charge in [-0.15, -0.1) is 11.8 Å². The van der Waals surface area contributed by atoms with Crippen LogP contribution in [0, 0.1) is 0 Å². The van der Waals surface area contributed by atoms with Crippen molar-refractivity contribution in [3.8, 4) is 0 Å². The van der Waals surface area contributed by atoms with Gasteiger partial charge in [-0.25, -0.2) is 0 Å². The molecule has 0 N–H and O–H groups in total. The molecule has 2 aromatic carbocycles. The summed E-state index contributed by atoms with van der Waals surface area (Å²) in [6, 6.07) is 15.2. The molecule has 0 bridgehead atoms. The molecular weight excluding hydrogens is 330 g/mol. The van der Waals surface area contributed by atoms with Gasteiger partial charge in [-0.3, -0.25) is 14.5 Å². The van der Waals surface area contributed by atoms with Crippen molar-refractivity contribution in [1.29, 1.82) is 0 Å². The zero-order valence-electron chi connectivity index (χ0n) is 14.7. The fourth-order valence-electron chi connectivity index (χ4n) is 3.84. The lowest BCUT2D eigenvalue weighted by molar-refractivity contribution is 0.0582. The van der Waals surface area contributed by atoms with E-state index >= 15 is 0 Å². The minimum absolute atomic E-state index is 0.120. The molecule has 0 saturated heterocycles. The quantitative estimate of drug-likeness (QED) is 0.715. The monoisotopic (exact) mass is 351 g/mol. The minimum atomic E-state index is -0.177. The number of benzene rings is 2. The molecule has 4 heteroatoms. The summed E-state index contributed by atoms with van der Waals surface area (Å²) in [6.45, 7) is 6.61. The van der Waals surface area contributed by atoms with Gasteiger partial charge in [0.1, 0.15) is 0 Å². The van der Waals surface area contributed by atoms with Gasteiger partial charge < -0.3 is 0 Å². The molecule has 4 rings (SSSR count). The topological polar surface area (TPSA) is 37.4 Å². The molecule has 0 radical (unpaired) electrons. The first-order valence-corrected chi connectivity index (χ1v) is 9.48. The molecule has 3 nitrogen and oxygen atoms in total. The van der Waals surface area contributed by atoms with E-state index in [4.69, 9.17) is 0 Å². The predicted molar refractivity (Wildman–Crippen MR) is 101 cm³/mol. The molecule has 1 aliphatic heterocycles. The van der Waals surface area contributed by atoms with Crippen LogP contribution in [0.5, 0.6) is 0 Å². The summed E-state index contributed by atoms with van der Waals surface area (Å²) in [7, 11) is 0. The molecule has 1 unspecified atom stereocenters. The number of hydrogen-bond acceptors (Lipinski definition) is 3. The zero-order chi connectivity index (χ0) is 17.8. The third kappa shape index (κ3) is 2.69. The van der Waals surface area contributed by atoms with E-state index in [0.29, 0.717) is 16.4 Å². The number of amides is 2. The molecular formula is C21H21NO2S. The Hall–Kier alpha value is -2.07. The van der Waals surface area contributed by atoms with Crippen LogP contribution in [0.4, 0.5) is 0 Å². The molecule has 2 amide bonds. The molecule has 128 valence electrons. The Balaban J connectivity index is 1.73. The first-order valence-electron chi connectivity index (χ1n) is 8.60. The second-order valence-corrected chi connectivity index (χ2v) is 9.65. The van der Waals surface area contributed by atoms with E-state index in [1.54, 1.807) is 12.1 Å². The summed E-state index contributed by atoms with van der Waals surface area (Å²) in [5.74, 6) is -0.330. The highest BCUT2D eigenvalue weighted by atomic mass is 32.2. The molecule has 2 aromatic rings. The van der Waals surface area contributed by atoms with E-state index in [-0.39, 0.29) is 22.6 Å². The average Bonchev–Trinajstić information content (AvgIpc) is 3.03. The van der Waals surface area contributed by atoms with Gasteiger partial charge in [-0.2, -0.15) is 0 Å². The fourth-order valence-corrected chi connectivity index (χ4v) is 5.31. The fraction of sp³-hybridized carbons (Fsp3) is 0.333. The second-order valence-electron chi connectivity index (χ2n) is 7.63. The van der Waals surface area contributed by atoms with E-state index in [0.717, 1.165) is 12.0 Å². The lowest BCUT2D eigenvalue weighted by Gasteiger charge is -2.25. The molecule has 2 atom stereocenters. The van der Waals surface area contributed by atoms with Crippen molar-refractivity contribution in [3.05, 3.63) is 70.8 Å². The number of carbonyl (C=O) groups is 2. The molecule has 25 heavy (non-hydrogen) atoms. The van der Waals surface area contributed by atoms with Gasteiger partial charge in [0.15, 0.2) is 0 Å². The summed E-state index contributed by atoms with van der Waals surface area (Å²) in [5, 5.41) is 0.297. The number of nitrogens with zero attached hydrogens (tertiary/aromatic N) is 1. The van der Waals surface area contributed by atoms with Crippen molar-refractivity contribution in [3.63, 3.8) is 0 Å². The standard InChI is InChI=1S/C21H21NO2S/c1-21(2,3)25-18-12-17(13-8-4-5-9-14(13)18)22-19(23)15-10-6-7-11-16(15)20(22)24/h4-11,17-18H,12H2,1-3H3/t17-,18?/m0/s1. The average molecular weight is 351 g/mol. The number of fused-ring (bicyclic) bond motifs is 2. The summed E-state index contributed by atoms with van der Waals surface area (Å²) in [5.41, 5.74) is 3.41. The van der Waals surface area contributed by atoms with Crippen LogP contribution < -0.4 is 0 Å². The number of hydrogen-bond donors (Lipinski definition) is 0. The van der Waals surface area contributed by atoms with Gasteiger partial charge in [-0.05, 0) is 29.7 Å². The van der Waals surface area contributed by atoms with E-state index in [1.165, 1.54) is 10.5 Å². The Morgan fingerprint density at radius 2 is 1.40 bits per heavy atom. The van der Waals surface area contributed by atoms with E-state index in [9.17, 15) is 9.59 Å². The molecule has 1 aliphatic carbocycles. The Kier molecular flexibility index (Phi) is 3.76. The molecule has 0 saturated carbocycles. The Bertz CT molecular complexity index is 833. The molecule has 0 spiro atoms. The molecule has 1 heterocycles. The smallest absolute Gasteiger partial charge is 0.262 e. The first kappa shape index (κ1) is 16.4. The summed E-state index contributed by atoms with van der Waals surface area (Å²) in [6.07, 6.45) is 0.784. The van der Waals surface area contributed by atoms with Crippen LogP contribution in [0.2, 0.25) is 0 Å². The highest BCUT2D eigenvalue weighted by Crippen LogP contribution is 2.53. The van der Waals surface area contributed by atoms with Crippen molar-refractivity contribution in [2.45, 2.75) is 43.2 Å². The van der Waals surface area contributed by atoms with Crippen molar-refractivity contribution < 1.29 is 9.59 Å². The van der Waals surface area contributed by atoms with Gasteiger partial charge >= 0.3 is 0 Å². The van der Waals surface area contributed by atoms with Crippen LogP contribution in [0.1, 0.15) is 70.3 Å². The largest absolute Gasteiger partial charge is 0.269 e.